The van der Waals surface area contributed by atoms with Crippen LogP contribution in [0.25, 0.3) is 22.1 Å². The number of hydrogen-bond acceptors (Lipinski definition) is 7. The molecule has 1 saturated heterocycles. The van der Waals surface area contributed by atoms with Gasteiger partial charge < -0.3 is 25.1 Å². The molecule has 0 amide bonds. The molecule has 4 heterocycles. The number of nitrogens with two attached hydrogens (primary N) is 1. The molecular weight excluding hydrogens is 502 g/mol. The molecule has 1 aromatic carbocycles. The minimum atomic E-state index is -0.594. The molecule has 3 aromatic heterocycles. The van der Waals surface area contributed by atoms with Crippen molar-refractivity contribution in [1.29, 1.82) is 0 Å². The number of ether oxygens (including phenoxy) is 1. The van der Waals surface area contributed by atoms with Gasteiger partial charge in [-0.15, -0.1) is 0 Å². The number of aliphatic hydroxyl groups excluding tert-OH is 1. The Morgan fingerprint density at radius 3 is 2.73 bits per heavy atom. The van der Waals surface area contributed by atoms with Gasteiger partial charge in [0.25, 0.3) is 0 Å². The van der Waals surface area contributed by atoms with Crippen LogP contribution < -0.4 is 5.73 Å². The van der Waals surface area contributed by atoms with Crippen molar-refractivity contribution in [3.63, 3.8) is 0 Å². The van der Waals surface area contributed by atoms with Gasteiger partial charge in [-0.05, 0) is 68.2 Å². The minimum absolute atomic E-state index is 0.0355. The number of nitrogen functional groups attached to an aromatic ring is 1. The fourth-order valence-electron chi connectivity index (χ4n) is 6.50. The third-order valence-electron chi connectivity index (χ3n) is 8.92. The molecule has 1 aliphatic carbocycles. The number of aliphatic hydroxyl groups is 1. The van der Waals surface area contributed by atoms with E-state index < -0.39 is 12.3 Å². The van der Waals surface area contributed by atoms with Crippen LogP contribution in [0.2, 0.25) is 0 Å². The molecule has 3 atom stereocenters. The molecule has 2 aliphatic rings. The molecule has 1 saturated carbocycles. The van der Waals surface area contributed by atoms with Crippen LogP contribution in [0, 0.1) is 5.92 Å². The topological polar surface area (TPSA) is 118 Å². The van der Waals surface area contributed by atoms with Crippen molar-refractivity contribution in [3.05, 3.63) is 48.2 Å². The average molecular weight is 546 g/mol. The lowest BCUT2D eigenvalue weighted by molar-refractivity contribution is -0.0575. The highest BCUT2D eigenvalue weighted by Crippen LogP contribution is 2.38. The van der Waals surface area contributed by atoms with E-state index >= 15 is 0 Å². The summed E-state index contributed by atoms with van der Waals surface area (Å²) in [5.74, 6) is 2.24. The standard InChI is InChI=1S/C31H43N7O2/c1-18(2)38(16-22-15-26(39)30(40-22)37-11-10-23-28(32)33-17-34-29(23)37)21-12-19(13-21)6-9-27-35-24-8-7-20(31(3,4)5)14-25(24)36-27/h7-8,10-11,14,17-19,21-22,26,30,39H,6,9,12-13,15-16H2,1-5H3,(H,35,36)(H2,32,33,34)/t19-,21-,22-,26+,30+/m0/s1. The van der Waals surface area contributed by atoms with E-state index in [9.17, 15) is 5.11 Å². The number of benzene rings is 1. The summed E-state index contributed by atoms with van der Waals surface area (Å²) in [6.45, 7) is 12.1. The number of aromatic amines is 1. The number of anilines is 1. The van der Waals surface area contributed by atoms with Gasteiger partial charge in [-0.3, -0.25) is 4.90 Å². The molecule has 0 bridgehead atoms. The predicted octanol–water partition coefficient (Wildman–Crippen LogP) is 4.96. The second-order valence-electron chi connectivity index (χ2n) is 13.2. The zero-order valence-corrected chi connectivity index (χ0v) is 24.3. The van der Waals surface area contributed by atoms with E-state index in [1.807, 2.05) is 16.8 Å². The van der Waals surface area contributed by atoms with Gasteiger partial charge in [-0.2, -0.15) is 0 Å². The number of nitrogens with one attached hydrogen (secondary N) is 1. The van der Waals surface area contributed by atoms with Gasteiger partial charge >= 0.3 is 0 Å². The fourth-order valence-corrected chi connectivity index (χ4v) is 6.50. The molecule has 1 aliphatic heterocycles. The van der Waals surface area contributed by atoms with Crippen LogP contribution in [0.1, 0.15) is 77.9 Å². The molecule has 9 nitrogen and oxygen atoms in total. The van der Waals surface area contributed by atoms with Crippen LogP contribution >= 0.6 is 0 Å². The van der Waals surface area contributed by atoms with Crippen LogP contribution in [0.4, 0.5) is 5.82 Å². The first-order valence-electron chi connectivity index (χ1n) is 14.7. The zero-order valence-electron chi connectivity index (χ0n) is 24.3. The largest absolute Gasteiger partial charge is 0.388 e. The highest BCUT2D eigenvalue weighted by Gasteiger charge is 2.40. The Labute approximate surface area is 236 Å². The number of hydrogen-bond donors (Lipinski definition) is 3. The van der Waals surface area contributed by atoms with Crippen molar-refractivity contribution in [2.45, 2.75) is 103 Å². The third-order valence-corrected chi connectivity index (χ3v) is 8.92. The van der Waals surface area contributed by atoms with E-state index in [2.05, 4.69) is 72.7 Å². The molecule has 4 aromatic rings. The van der Waals surface area contributed by atoms with Gasteiger partial charge in [0.15, 0.2) is 6.23 Å². The maximum absolute atomic E-state index is 10.9. The number of nitrogens with zero attached hydrogens (tertiary/aromatic N) is 5. The molecule has 214 valence electrons. The van der Waals surface area contributed by atoms with Gasteiger partial charge in [0, 0.05) is 37.7 Å². The number of imidazole rings is 1. The Morgan fingerprint density at radius 1 is 1.18 bits per heavy atom. The Hall–Kier alpha value is -3.01. The predicted molar refractivity (Wildman–Crippen MR) is 158 cm³/mol. The number of aryl methyl sites for hydroxylation is 1. The van der Waals surface area contributed by atoms with Crippen molar-refractivity contribution in [2.24, 2.45) is 5.92 Å². The first kappa shape index (κ1) is 27.2. The Kier molecular flexibility index (Phi) is 7.09. The maximum atomic E-state index is 10.9. The highest BCUT2D eigenvalue weighted by molar-refractivity contribution is 5.86. The molecule has 0 unspecified atom stereocenters. The van der Waals surface area contributed by atoms with E-state index in [-0.39, 0.29) is 11.5 Å². The molecule has 9 heteroatoms. The second kappa shape index (κ2) is 10.4. The number of rotatable bonds is 8. The normalized spacial score (nSPS) is 25.4. The molecular formula is C31H43N7O2. The van der Waals surface area contributed by atoms with Crippen molar-refractivity contribution >= 4 is 27.9 Å². The lowest BCUT2D eigenvalue weighted by Crippen LogP contribution is -2.50. The van der Waals surface area contributed by atoms with E-state index in [1.54, 1.807) is 0 Å². The summed E-state index contributed by atoms with van der Waals surface area (Å²) in [5.41, 5.74) is 10.3. The van der Waals surface area contributed by atoms with Crippen molar-refractivity contribution < 1.29 is 9.84 Å². The summed E-state index contributed by atoms with van der Waals surface area (Å²) in [6, 6.07) is 9.46. The summed E-state index contributed by atoms with van der Waals surface area (Å²) in [7, 11) is 0. The van der Waals surface area contributed by atoms with Crippen LogP contribution in [-0.4, -0.2) is 65.3 Å². The zero-order chi connectivity index (χ0) is 28.2. The van der Waals surface area contributed by atoms with E-state index in [0.29, 0.717) is 35.9 Å². The molecule has 0 spiro atoms. The number of H-pyrrole nitrogens is 1. The summed E-state index contributed by atoms with van der Waals surface area (Å²) < 4.78 is 8.30. The summed E-state index contributed by atoms with van der Waals surface area (Å²) in [5, 5.41) is 11.7. The fraction of sp³-hybridized carbons (Fsp3) is 0.581. The van der Waals surface area contributed by atoms with Crippen LogP contribution in [0.3, 0.4) is 0 Å². The first-order valence-corrected chi connectivity index (χ1v) is 14.7. The molecule has 0 radical (unpaired) electrons. The van der Waals surface area contributed by atoms with Gasteiger partial charge in [0.1, 0.15) is 29.7 Å². The lowest BCUT2D eigenvalue weighted by atomic mass is 9.76. The first-order chi connectivity index (χ1) is 19.1. The van der Waals surface area contributed by atoms with E-state index in [0.717, 1.165) is 41.6 Å². The summed E-state index contributed by atoms with van der Waals surface area (Å²) >= 11 is 0. The summed E-state index contributed by atoms with van der Waals surface area (Å²) in [4.78, 5) is 19.5. The average Bonchev–Trinajstić information content (AvgIpc) is 3.57. The minimum Gasteiger partial charge on any atom is -0.388 e. The SMILES string of the molecule is CC(C)N(C[C@@H]1C[C@@H](O)[C@H](n2ccc3c(N)ncnc32)O1)[C@H]1C[C@H](CCc2nc3cc(C(C)(C)C)ccc3[nH]2)C1. The lowest BCUT2D eigenvalue weighted by Gasteiger charge is -2.46. The van der Waals surface area contributed by atoms with E-state index in [4.69, 9.17) is 15.5 Å². The Balaban J connectivity index is 1.03. The van der Waals surface area contributed by atoms with Gasteiger partial charge in [-0.25, -0.2) is 15.0 Å². The monoisotopic (exact) mass is 545 g/mol. The Morgan fingerprint density at radius 2 is 1.98 bits per heavy atom. The molecule has 4 N–H and O–H groups in total. The van der Waals surface area contributed by atoms with Crippen molar-refractivity contribution in [2.75, 3.05) is 12.3 Å². The molecule has 6 rings (SSSR count). The van der Waals surface area contributed by atoms with Gasteiger partial charge in [-0.1, -0.05) is 26.8 Å². The second-order valence-corrected chi connectivity index (χ2v) is 13.2. The maximum Gasteiger partial charge on any atom is 0.161 e. The van der Waals surface area contributed by atoms with Gasteiger partial charge in [0.2, 0.25) is 0 Å². The molecule has 2 fully saturated rings. The quantitative estimate of drug-likeness (QED) is 0.286. The Bertz CT molecular complexity index is 1480. The van der Waals surface area contributed by atoms with Gasteiger partial charge in [0.05, 0.1) is 22.5 Å². The van der Waals surface area contributed by atoms with Crippen molar-refractivity contribution in [3.8, 4) is 0 Å². The highest BCUT2D eigenvalue weighted by atomic mass is 16.5. The number of fused-ring (bicyclic) bond motifs is 2. The third kappa shape index (κ3) is 5.22. The van der Waals surface area contributed by atoms with Crippen molar-refractivity contribution in [1.82, 2.24) is 29.4 Å². The summed E-state index contributed by atoms with van der Waals surface area (Å²) in [6.07, 6.45) is 7.38. The number of aromatic nitrogens is 5. The molecule has 40 heavy (non-hydrogen) atoms. The smallest absolute Gasteiger partial charge is 0.161 e. The van der Waals surface area contributed by atoms with Crippen LogP contribution in [-0.2, 0) is 16.6 Å². The van der Waals surface area contributed by atoms with Crippen LogP contribution in [0.15, 0.2) is 36.8 Å². The van der Waals surface area contributed by atoms with E-state index in [1.165, 1.54) is 24.7 Å². The van der Waals surface area contributed by atoms with Crippen LogP contribution in [0.5, 0.6) is 0 Å².